The SMILES string of the molecule is COc1cccc2c1C(=O)c1c(O)c3c(c(O)c1C2=O)C[C@@](O)(C(=O)COC(=O)N(C)CCN(C)C(=O)OCc1ccc(NC(=O)[C@H](C)NC(=O)[C@@H](NC(=O)CN2C(=O)C=CC2=O)C(C)C)cc1CC[C@@H]1O[C@H](C(=O)O)[C@@H](O)[C@H](O)[C@H]1O)C[C@@H]3O[C@H]1C[C@H]2[C@H](O[C@@H]3[C@@H](OC)OCCN32)[C@H](C)O1. The van der Waals surface area contributed by atoms with Crippen molar-refractivity contribution in [3.63, 3.8) is 0 Å². The van der Waals surface area contributed by atoms with E-state index in [-0.39, 0.29) is 72.1 Å². The van der Waals surface area contributed by atoms with Gasteiger partial charge in [0.25, 0.3) is 11.8 Å². The Hall–Kier alpha value is -9.07. The van der Waals surface area contributed by atoms with Gasteiger partial charge in [-0.3, -0.25) is 48.2 Å². The number of hydrogen-bond donors (Lipinski definition) is 10. The third-order valence-electron chi connectivity index (χ3n) is 19.1. The van der Waals surface area contributed by atoms with E-state index in [0.29, 0.717) is 29.2 Å². The fourth-order valence-corrected chi connectivity index (χ4v) is 13.5. The minimum atomic E-state index is -2.54. The molecule has 3 aromatic rings. The van der Waals surface area contributed by atoms with E-state index < -0.39 is 212 Å². The van der Waals surface area contributed by atoms with Gasteiger partial charge in [-0.25, -0.2) is 14.4 Å². The number of ether oxygens (including phenoxy) is 9. The van der Waals surface area contributed by atoms with Crippen molar-refractivity contribution in [1.82, 2.24) is 30.2 Å². The molecule has 4 saturated heterocycles. The topological polar surface area (TPSA) is 462 Å². The Bertz CT molecular complexity index is 3810. The summed E-state index contributed by atoms with van der Waals surface area (Å²) in [6.45, 7) is 4.53. The summed E-state index contributed by atoms with van der Waals surface area (Å²) in [5, 5.41) is 85.9. The lowest BCUT2D eigenvalue weighted by Gasteiger charge is -2.43. The van der Waals surface area contributed by atoms with Crippen molar-refractivity contribution in [2.24, 2.45) is 5.92 Å². The number of aryl methyl sites for hydroxylation is 1. The van der Waals surface area contributed by atoms with Crippen LogP contribution in [0.2, 0.25) is 0 Å². The zero-order valence-electron chi connectivity index (χ0n) is 56.3. The van der Waals surface area contributed by atoms with Gasteiger partial charge >= 0.3 is 18.2 Å². The Labute approximate surface area is 577 Å². The van der Waals surface area contributed by atoms with Crippen LogP contribution in [0.5, 0.6) is 17.2 Å². The van der Waals surface area contributed by atoms with Gasteiger partial charge in [-0.1, -0.05) is 32.0 Å². The minimum absolute atomic E-state index is 0.0215. The molecule has 5 aliphatic heterocycles. The molecule has 0 spiro atoms. The molecule has 2 aliphatic carbocycles. The first-order chi connectivity index (χ1) is 47.9. The number of ketones is 3. The van der Waals surface area contributed by atoms with Gasteiger partial charge in [-0.05, 0) is 61.9 Å². The van der Waals surface area contributed by atoms with Crippen molar-refractivity contribution in [2.75, 3.05) is 73.0 Å². The van der Waals surface area contributed by atoms with Crippen LogP contribution >= 0.6 is 0 Å². The number of nitrogens with zero attached hydrogens (tertiary/aromatic N) is 4. The molecule has 0 bridgehead atoms. The number of phenols is 2. The summed E-state index contributed by atoms with van der Waals surface area (Å²) < 4.78 is 52.6. The monoisotopic (exact) mass is 1420 g/mol. The number of fused-ring (bicyclic) bond motifs is 6. The first-order valence-corrected chi connectivity index (χ1v) is 32.6. The summed E-state index contributed by atoms with van der Waals surface area (Å²) in [5.41, 5.74) is -3.74. The van der Waals surface area contributed by atoms with Crippen LogP contribution in [-0.4, -0.2) is 273 Å². The van der Waals surface area contributed by atoms with Gasteiger partial charge in [-0.2, -0.15) is 0 Å². The number of aliphatic hydroxyl groups excluding tert-OH is 3. The average molecular weight is 1420 g/mol. The van der Waals surface area contributed by atoms with Crippen LogP contribution in [0.3, 0.4) is 0 Å². The number of carbonyl (C=O) groups is 11. The maximum absolute atomic E-state index is 14.4. The number of hydrogen-bond acceptors (Lipinski definition) is 27. The average Bonchev–Trinajstić information content (AvgIpc) is 1.18. The number of carboxylic acids is 1. The fraction of sp³-hybridized carbons (Fsp3) is 0.537. The molecular weight excluding hydrogens is 1330 g/mol. The molecule has 10 rings (SSSR count). The number of carbonyl (C=O) groups excluding carboxylic acids is 10. The summed E-state index contributed by atoms with van der Waals surface area (Å²) in [7, 11) is 5.41. The number of methoxy groups -OCH3 is 2. The Morgan fingerprint density at radius 3 is 2.15 bits per heavy atom. The molecule has 4 fully saturated rings. The van der Waals surface area contributed by atoms with E-state index >= 15 is 0 Å². The molecule has 3 aromatic carbocycles. The molecule has 5 heterocycles. The third-order valence-corrected chi connectivity index (χ3v) is 19.1. The number of benzene rings is 3. The summed E-state index contributed by atoms with van der Waals surface area (Å²) in [5.74, 6) is -10.3. The van der Waals surface area contributed by atoms with Crippen molar-refractivity contribution in [2.45, 2.75) is 158 Å². The number of Topliss-reactive ketones (excluding diaryl/α,β-unsaturated/α-hetero) is 1. The summed E-state index contributed by atoms with van der Waals surface area (Å²) in [6, 6.07) is 5.84. The van der Waals surface area contributed by atoms with E-state index in [4.69, 9.17) is 42.6 Å². The maximum atomic E-state index is 14.4. The lowest BCUT2D eigenvalue weighted by molar-refractivity contribution is -0.256. The van der Waals surface area contributed by atoms with E-state index in [1.165, 1.54) is 71.6 Å². The summed E-state index contributed by atoms with van der Waals surface area (Å²) >= 11 is 0. The zero-order chi connectivity index (χ0) is 73.4. The summed E-state index contributed by atoms with van der Waals surface area (Å²) in [6.07, 6.45) is -15.5. The molecular formula is C67H81N7O27. The second-order valence-electron chi connectivity index (χ2n) is 26.1. The van der Waals surface area contributed by atoms with Gasteiger partial charge in [0, 0.05) is 101 Å². The number of phenolic OH excluding ortho intramolecular Hbond substituents is 2. The van der Waals surface area contributed by atoms with E-state index in [9.17, 15) is 88.5 Å². The molecule has 0 aromatic heterocycles. The second kappa shape index (κ2) is 30.6. The van der Waals surface area contributed by atoms with Gasteiger partial charge in [0.05, 0.1) is 48.7 Å². The molecule has 34 nitrogen and oxygen atoms in total. The predicted octanol–water partition coefficient (Wildman–Crippen LogP) is -0.568. The third kappa shape index (κ3) is 15.3. The molecule has 546 valence electrons. The van der Waals surface area contributed by atoms with Crippen LogP contribution in [-0.2, 0) is 90.9 Å². The van der Waals surface area contributed by atoms with Gasteiger partial charge in [0.15, 0.2) is 37.3 Å². The van der Waals surface area contributed by atoms with Crippen molar-refractivity contribution >= 4 is 70.7 Å². The highest BCUT2D eigenvalue weighted by molar-refractivity contribution is 6.31. The number of aliphatic hydroxyl groups is 4. The van der Waals surface area contributed by atoms with Crippen molar-refractivity contribution in [3.05, 3.63) is 93.1 Å². The van der Waals surface area contributed by atoms with E-state index in [1.54, 1.807) is 20.8 Å². The Morgan fingerprint density at radius 1 is 0.802 bits per heavy atom. The first kappa shape index (κ1) is 74.6. The standard InChI is InChI=1S/C67H81N7O27/c1-29(2)50(70-42(76)26-74-43(77)16-17-44(74)78)61(87)68-30(3)60(86)69-34-14-12-33(32(22-34)13-15-39-53(81)56(84)57(85)59(100-39)63(88)89)27-96-65(90)71(5)18-19-72(6)66(91)97-28-41(75)67(92)24-36-47(55(83)49-48(52(36)80)51(79)35-10-9-11-38(93-7)46(35)54(49)82)40(25-67)99-45-23-37-58(31(4)98-45)101-62-64(94-8)95-21-20-73(37)62/h9-12,14,16-17,22,29-31,37,39-40,45,50,53,56-59,62,64,80-81,83-85,92H,13,15,18-21,23-28H2,1-8H3,(H,68,87)(H,69,86)(H,70,76)(H,88,89)/t30-,31-,37-,39-,40-,45-,50-,53-,56+,57-,58+,59-,62+,64-,67-/m0/s1. The lowest BCUT2D eigenvalue weighted by Crippen LogP contribution is -2.59. The highest BCUT2D eigenvalue weighted by Crippen LogP contribution is 2.53. The number of likely N-dealkylation sites (N-methyl/N-ethyl adjacent to an activating group) is 2. The van der Waals surface area contributed by atoms with Crippen LogP contribution in [0.15, 0.2) is 48.6 Å². The van der Waals surface area contributed by atoms with E-state index in [2.05, 4.69) is 20.9 Å². The zero-order valence-corrected chi connectivity index (χ0v) is 56.3. The Morgan fingerprint density at radius 2 is 1.49 bits per heavy atom. The molecule has 7 amide bonds. The second-order valence-corrected chi connectivity index (χ2v) is 26.1. The van der Waals surface area contributed by atoms with Crippen LogP contribution in [0.4, 0.5) is 15.3 Å². The van der Waals surface area contributed by atoms with Gasteiger partial charge < -0.3 is 104 Å². The quantitative estimate of drug-likeness (QED) is 0.0310. The molecule has 0 saturated carbocycles. The van der Waals surface area contributed by atoms with Crippen LogP contribution < -0.4 is 20.7 Å². The number of imide groups is 1. The minimum Gasteiger partial charge on any atom is -0.507 e. The fourth-order valence-electron chi connectivity index (χ4n) is 13.5. The number of morpholine rings is 1. The van der Waals surface area contributed by atoms with Crippen molar-refractivity contribution in [1.29, 1.82) is 0 Å². The van der Waals surface area contributed by atoms with Crippen molar-refractivity contribution < 1.29 is 131 Å². The number of rotatable bonds is 24. The molecule has 15 atom stereocenters. The molecule has 10 N–H and O–H groups in total. The molecule has 0 radical (unpaired) electrons. The maximum Gasteiger partial charge on any atom is 0.409 e. The van der Waals surface area contributed by atoms with Crippen LogP contribution in [0.1, 0.15) is 107 Å². The number of anilines is 1. The lowest BCUT2D eigenvalue weighted by atomic mass is 9.72. The van der Waals surface area contributed by atoms with Crippen LogP contribution in [0.25, 0.3) is 0 Å². The Kier molecular flexibility index (Phi) is 22.6. The predicted molar refractivity (Wildman–Crippen MR) is 341 cm³/mol. The molecule has 34 heteroatoms. The first-order valence-electron chi connectivity index (χ1n) is 32.6. The van der Waals surface area contributed by atoms with Gasteiger partial charge in [0.2, 0.25) is 29.3 Å². The highest BCUT2D eigenvalue weighted by Gasteiger charge is 2.56. The number of amides is 7. The Balaban J connectivity index is 0.786. The highest BCUT2D eigenvalue weighted by atomic mass is 16.7. The van der Waals surface area contributed by atoms with E-state index in [0.717, 1.165) is 22.0 Å². The van der Waals surface area contributed by atoms with E-state index in [1.807, 2.05) is 0 Å². The number of carboxylic acid groups (broad SMARTS) is 1. The number of aromatic hydroxyl groups is 2. The number of nitrogens with one attached hydrogen (secondary N) is 3. The van der Waals surface area contributed by atoms with Crippen molar-refractivity contribution in [3.8, 4) is 17.2 Å². The summed E-state index contributed by atoms with van der Waals surface area (Å²) in [4.78, 5) is 151. The number of aliphatic carboxylic acids is 1. The normalized spacial score (nSPS) is 27.2. The molecule has 7 aliphatic rings. The van der Waals surface area contributed by atoms with Crippen LogP contribution in [0, 0.1) is 5.92 Å². The smallest absolute Gasteiger partial charge is 0.409 e. The molecule has 0 unspecified atom stereocenters. The van der Waals surface area contributed by atoms with Gasteiger partial charge in [-0.15, -0.1) is 0 Å². The largest absolute Gasteiger partial charge is 0.507 e. The van der Waals surface area contributed by atoms with Gasteiger partial charge in [0.1, 0.15) is 72.5 Å². The molecule has 101 heavy (non-hydrogen) atoms.